The second-order valence-corrected chi connectivity index (χ2v) is 4.30. The van der Waals surface area contributed by atoms with Crippen LogP contribution in [0.25, 0.3) is 0 Å². The van der Waals surface area contributed by atoms with Crippen LogP contribution in [0.5, 0.6) is 0 Å². The van der Waals surface area contributed by atoms with Crippen LogP contribution >= 0.6 is 31.9 Å². The van der Waals surface area contributed by atoms with E-state index in [0.717, 1.165) is 14.6 Å². The van der Waals surface area contributed by atoms with Crippen molar-refractivity contribution in [3.05, 3.63) is 26.9 Å². The SMILES string of the molecule is CN[C@@H](C)c1ncc(Br)cc1Br. The lowest BCUT2D eigenvalue weighted by Gasteiger charge is -2.10. The minimum absolute atomic E-state index is 0.271. The van der Waals surface area contributed by atoms with E-state index in [9.17, 15) is 0 Å². The van der Waals surface area contributed by atoms with Crippen molar-refractivity contribution < 1.29 is 0 Å². The highest BCUT2D eigenvalue weighted by atomic mass is 79.9. The lowest BCUT2D eigenvalue weighted by atomic mass is 10.2. The first-order valence-corrected chi connectivity index (χ1v) is 5.22. The van der Waals surface area contributed by atoms with Crippen molar-refractivity contribution in [2.75, 3.05) is 7.05 Å². The Kier molecular flexibility index (Phi) is 3.68. The summed E-state index contributed by atoms with van der Waals surface area (Å²) in [7, 11) is 1.92. The molecule has 0 unspecified atom stereocenters. The van der Waals surface area contributed by atoms with Crippen LogP contribution in [0, 0.1) is 0 Å². The van der Waals surface area contributed by atoms with Crippen molar-refractivity contribution in [3.63, 3.8) is 0 Å². The summed E-state index contributed by atoms with van der Waals surface area (Å²) in [6.45, 7) is 2.07. The van der Waals surface area contributed by atoms with E-state index < -0.39 is 0 Å². The molecule has 2 nitrogen and oxygen atoms in total. The van der Waals surface area contributed by atoms with Crippen LogP contribution in [0.3, 0.4) is 0 Å². The molecular weight excluding hydrogens is 284 g/mol. The smallest absolute Gasteiger partial charge is 0.0712 e. The molecule has 0 aliphatic carbocycles. The van der Waals surface area contributed by atoms with E-state index in [2.05, 4.69) is 49.1 Å². The number of nitrogens with one attached hydrogen (secondary N) is 1. The summed E-state index contributed by atoms with van der Waals surface area (Å²) < 4.78 is 2.01. The second kappa shape index (κ2) is 4.35. The van der Waals surface area contributed by atoms with Gasteiger partial charge >= 0.3 is 0 Å². The zero-order valence-electron chi connectivity index (χ0n) is 6.94. The van der Waals surface area contributed by atoms with E-state index in [1.165, 1.54) is 0 Å². The monoisotopic (exact) mass is 292 g/mol. The predicted molar refractivity (Wildman–Crippen MR) is 57.1 cm³/mol. The molecule has 12 heavy (non-hydrogen) atoms. The van der Waals surface area contributed by atoms with Gasteiger partial charge in [0.1, 0.15) is 0 Å². The minimum atomic E-state index is 0.271. The highest BCUT2D eigenvalue weighted by molar-refractivity contribution is 9.11. The van der Waals surface area contributed by atoms with Crippen LogP contribution in [-0.2, 0) is 0 Å². The van der Waals surface area contributed by atoms with E-state index in [-0.39, 0.29) is 6.04 Å². The van der Waals surface area contributed by atoms with E-state index in [1.54, 1.807) is 6.20 Å². The third-order valence-corrected chi connectivity index (χ3v) is 2.75. The molecule has 1 aromatic rings. The van der Waals surface area contributed by atoms with Crippen LogP contribution in [0.2, 0.25) is 0 Å². The van der Waals surface area contributed by atoms with Crippen molar-refractivity contribution >= 4 is 31.9 Å². The standard InChI is InChI=1S/C8H10Br2N2/c1-5(11-2)8-7(10)3-6(9)4-12-8/h3-5,11H,1-2H3/t5-/m0/s1. The fourth-order valence-corrected chi connectivity index (χ4v) is 2.21. The third kappa shape index (κ3) is 2.28. The molecule has 0 fully saturated rings. The number of pyridine rings is 1. The van der Waals surface area contributed by atoms with Gasteiger partial charge < -0.3 is 5.32 Å². The summed E-state index contributed by atoms with van der Waals surface area (Å²) in [5, 5.41) is 3.13. The molecule has 0 aromatic carbocycles. The van der Waals surface area contributed by atoms with Gasteiger partial charge in [0.15, 0.2) is 0 Å². The van der Waals surface area contributed by atoms with Gasteiger partial charge in [-0.3, -0.25) is 4.98 Å². The molecule has 1 rings (SSSR count). The number of hydrogen-bond donors (Lipinski definition) is 1. The van der Waals surface area contributed by atoms with E-state index in [4.69, 9.17) is 0 Å². The quantitative estimate of drug-likeness (QED) is 0.907. The predicted octanol–water partition coefficient (Wildman–Crippen LogP) is 2.89. The molecule has 66 valence electrons. The summed E-state index contributed by atoms with van der Waals surface area (Å²) in [4.78, 5) is 4.29. The van der Waals surface area contributed by atoms with Gasteiger partial charge in [0, 0.05) is 21.2 Å². The van der Waals surface area contributed by atoms with Gasteiger partial charge in [-0.05, 0) is 51.9 Å². The first kappa shape index (κ1) is 10.2. The van der Waals surface area contributed by atoms with Crippen molar-refractivity contribution in [2.24, 2.45) is 0 Å². The maximum atomic E-state index is 4.29. The molecule has 0 aliphatic rings. The van der Waals surface area contributed by atoms with Gasteiger partial charge in [0.05, 0.1) is 5.69 Å². The summed E-state index contributed by atoms with van der Waals surface area (Å²) >= 11 is 6.81. The first-order valence-electron chi connectivity index (χ1n) is 3.63. The van der Waals surface area contributed by atoms with E-state index in [0.29, 0.717) is 0 Å². The number of hydrogen-bond acceptors (Lipinski definition) is 2. The molecule has 0 saturated carbocycles. The maximum absolute atomic E-state index is 4.29. The van der Waals surface area contributed by atoms with E-state index in [1.807, 2.05) is 13.1 Å². The number of aromatic nitrogens is 1. The Morgan fingerprint density at radius 3 is 2.67 bits per heavy atom. The molecule has 0 aliphatic heterocycles. The number of nitrogens with zero attached hydrogens (tertiary/aromatic N) is 1. The fourth-order valence-electron chi connectivity index (χ4n) is 0.880. The Morgan fingerprint density at radius 1 is 1.50 bits per heavy atom. The largest absolute Gasteiger partial charge is 0.312 e. The summed E-state index contributed by atoms with van der Waals surface area (Å²) in [6, 6.07) is 2.27. The highest BCUT2D eigenvalue weighted by Gasteiger charge is 2.08. The summed E-state index contributed by atoms with van der Waals surface area (Å²) in [6.07, 6.45) is 1.80. The molecule has 0 bridgehead atoms. The van der Waals surface area contributed by atoms with Crippen LogP contribution in [0.1, 0.15) is 18.7 Å². The molecule has 1 aromatic heterocycles. The van der Waals surface area contributed by atoms with Crippen molar-refractivity contribution in [3.8, 4) is 0 Å². The Hall–Kier alpha value is 0.0700. The first-order chi connectivity index (χ1) is 5.65. The molecule has 1 atom stereocenters. The minimum Gasteiger partial charge on any atom is -0.312 e. The zero-order chi connectivity index (χ0) is 9.14. The van der Waals surface area contributed by atoms with Crippen molar-refractivity contribution in [1.29, 1.82) is 0 Å². The van der Waals surface area contributed by atoms with Crippen molar-refractivity contribution in [1.82, 2.24) is 10.3 Å². The molecule has 1 N–H and O–H groups in total. The van der Waals surface area contributed by atoms with Gasteiger partial charge in [0.2, 0.25) is 0 Å². The normalized spacial score (nSPS) is 13.0. The Bertz CT molecular complexity index is 276. The van der Waals surface area contributed by atoms with Gasteiger partial charge in [0.25, 0.3) is 0 Å². The molecule has 0 spiro atoms. The Labute approximate surface area is 89.0 Å². The average molecular weight is 294 g/mol. The van der Waals surface area contributed by atoms with E-state index >= 15 is 0 Å². The van der Waals surface area contributed by atoms with Crippen LogP contribution in [-0.4, -0.2) is 12.0 Å². The lowest BCUT2D eigenvalue weighted by Crippen LogP contribution is -2.14. The second-order valence-electron chi connectivity index (χ2n) is 2.53. The average Bonchev–Trinajstić information content (AvgIpc) is 2.03. The zero-order valence-corrected chi connectivity index (χ0v) is 10.1. The van der Waals surface area contributed by atoms with Crippen molar-refractivity contribution in [2.45, 2.75) is 13.0 Å². The Morgan fingerprint density at radius 2 is 2.17 bits per heavy atom. The molecular formula is C8H10Br2N2. The number of halogens is 2. The fraction of sp³-hybridized carbons (Fsp3) is 0.375. The molecule has 0 amide bonds. The third-order valence-electron chi connectivity index (χ3n) is 1.68. The highest BCUT2D eigenvalue weighted by Crippen LogP contribution is 2.23. The van der Waals surface area contributed by atoms with Crippen LogP contribution < -0.4 is 5.32 Å². The van der Waals surface area contributed by atoms with Gasteiger partial charge in [-0.1, -0.05) is 0 Å². The van der Waals surface area contributed by atoms with Gasteiger partial charge in [-0.25, -0.2) is 0 Å². The van der Waals surface area contributed by atoms with Crippen LogP contribution in [0.4, 0.5) is 0 Å². The maximum Gasteiger partial charge on any atom is 0.0712 e. The van der Waals surface area contributed by atoms with Crippen LogP contribution in [0.15, 0.2) is 21.2 Å². The molecule has 4 heteroatoms. The lowest BCUT2D eigenvalue weighted by molar-refractivity contribution is 0.629. The molecule has 1 heterocycles. The van der Waals surface area contributed by atoms with Gasteiger partial charge in [-0.2, -0.15) is 0 Å². The Balaban J connectivity index is 3.01. The summed E-state index contributed by atoms with van der Waals surface area (Å²) in [5.74, 6) is 0. The topological polar surface area (TPSA) is 24.9 Å². The summed E-state index contributed by atoms with van der Waals surface area (Å²) in [5.41, 5.74) is 1.03. The molecule has 0 radical (unpaired) electrons. The van der Waals surface area contributed by atoms with Gasteiger partial charge in [-0.15, -0.1) is 0 Å². The number of rotatable bonds is 2. The molecule has 0 saturated heterocycles.